The molecule has 1 saturated heterocycles. The summed E-state index contributed by atoms with van der Waals surface area (Å²) in [6.07, 6.45) is 1.85. The van der Waals surface area contributed by atoms with Crippen molar-refractivity contribution in [1.82, 2.24) is 10.3 Å². The Morgan fingerprint density at radius 2 is 2.14 bits per heavy atom. The van der Waals surface area contributed by atoms with Crippen LogP contribution in [0.2, 0.25) is 0 Å². The minimum absolute atomic E-state index is 0.0769. The second kappa shape index (κ2) is 5.40. The van der Waals surface area contributed by atoms with Gasteiger partial charge < -0.3 is 15.1 Å². The lowest BCUT2D eigenvalue weighted by Gasteiger charge is -2.09. The fourth-order valence-corrected chi connectivity index (χ4v) is 2.26. The summed E-state index contributed by atoms with van der Waals surface area (Å²) in [5.74, 6) is 0.0985. The van der Waals surface area contributed by atoms with Gasteiger partial charge in [-0.15, -0.1) is 0 Å². The summed E-state index contributed by atoms with van der Waals surface area (Å²) < 4.78 is 5.17. The zero-order chi connectivity index (χ0) is 14.8. The van der Waals surface area contributed by atoms with Gasteiger partial charge in [0.15, 0.2) is 5.89 Å². The summed E-state index contributed by atoms with van der Waals surface area (Å²) in [5.41, 5.74) is 2.38. The number of aromatic nitrogens is 1. The maximum atomic E-state index is 12.0. The molecule has 3 rings (SSSR count). The van der Waals surface area contributed by atoms with E-state index in [1.165, 1.54) is 0 Å². The van der Waals surface area contributed by atoms with Crippen molar-refractivity contribution in [2.75, 3.05) is 11.9 Å². The van der Waals surface area contributed by atoms with Crippen molar-refractivity contribution in [3.05, 3.63) is 36.4 Å². The number of nitrogens with one attached hydrogen (secondary N) is 2. The zero-order valence-electron chi connectivity index (χ0n) is 11.6. The Bertz CT molecular complexity index is 676. The van der Waals surface area contributed by atoms with Gasteiger partial charge in [0.2, 0.25) is 11.8 Å². The van der Waals surface area contributed by atoms with Crippen molar-refractivity contribution in [3.8, 4) is 11.3 Å². The molecule has 0 spiro atoms. The van der Waals surface area contributed by atoms with Gasteiger partial charge in [0.25, 0.3) is 0 Å². The van der Waals surface area contributed by atoms with Gasteiger partial charge in [-0.1, -0.05) is 12.1 Å². The highest BCUT2D eigenvalue weighted by atomic mass is 16.3. The number of hydrogen-bond acceptors (Lipinski definition) is 4. The molecule has 1 unspecified atom stereocenters. The number of benzene rings is 1. The predicted octanol–water partition coefficient (Wildman–Crippen LogP) is 1.72. The van der Waals surface area contributed by atoms with E-state index in [1.54, 1.807) is 25.3 Å². The standard InChI is InChI=1S/C15H15N3O3/c1-9-17-13(8-21-9)10-2-4-12(5-3-10)18-15(20)11-6-14(19)16-7-11/h2-5,8,11H,6-7H2,1H3,(H,16,19)(H,18,20). The first-order chi connectivity index (χ1) is 10.1. The first-order valence-electron chi connectivity index (χ1n) is 6.72. The van der Waals surface area contributed by atoms with Gasteiger partial charge in [0.05, 0.1) is 5.92 Å². The van der Waals surface area contributed by atoms with Crippen LogP contribution in [-0.2, 0) is 9.59 Å². The van der Waals surface area contributed by atoms with Crippen LogP contribution in [-0.4, -0.2) is 23.3 Å². The molecular weight excluding hydrogens is 270 g/mol. The van der Waals surface area contributed by atoms with Crippen LogP contribution in [0.25, 0.3) is 11.3 Å². The summed E-state index contributed by atoms with van der Waals surface area (Å²) in [6.45, 7) is 2.19. The zero-order valence-corrected chi connectivity index (χ0v) is 11.6. The number of anilines is 1. The molecule has 0 aliphatic carbocycles. The Balaban J connectivity index is 1.67. The molecule has 108 valence electrons. The van der Waals surface area contributed by atoms with Crippen molar-refractivity contribution >= 4 is 17.5 Å². The quantitative estimate of drug-likeness (QED) is 0.899. The van der Waals surface area contributed by atoms with Gasteiger partial charge in [0.1, 0.15) is 12.0 Å². The van der Waals surface area contributed by atoms with E-state index in [2.05, 4.69) is 15.6 Å². The number of aryl methyl sites for hydroxylation is 1. The summed E-state index contributed by atoms with van der Waals surface area (Å²) in [6, 6.07) is 7.35. The van der Waals surface area contributed by atoms with E-state index in [9.17, 15) is 9.59 Å². The maximum absolute atomic E-state index is 12.0. The number of carbonyl (C=O) groups excluding carboxylic acids is 2. The van der Waals surface area contributed by atoms with Gasteiger partial charge in [-0.3, -0.25) is 9.59 Å². The number of carbonyl (C=O) groups is 2. The van der Waals surface area contributed by atoms with E-state index < -0.39 is 0 Å². The summed E-state index contributed by atoms with van der Waals surface area (Å²) in [4.78, 5) is 27.3. The van der Waals surface area contributed by atoms with E-state index in [4.69, 9.17) is 4.42 Å². The van der Waals surface area contributed by atoms with Crippen LogP contribution in [0.4, 0.5) is 5.69 Å². The van der Waals surface area contributed by atoms with Crippen LogP contribution in [0.3, 0.4) is 0 Å². The highest BCUT2D eigenvalue weighted by Crippen LogP contribution is 2.21. The fraction of sp³-hybridized carbons (Fsp3) is 0.267. The van der Waals surface area contributed by atoms with Gasteiger partial charge in [-0.05, 0) is 12.1 Å². The molecule has 0 bridgehead atoms. The number of hydrogen-bond donors (Lipinski definition) is 2. The van der Waals surface area contributed by atoms with Crippen molar-refractivity contribution in [2.45, 2.75) is 13.3 Å². The molecule has 1 aromatic heterocycles. The summed E-state index contributed by atoms with van der Waals surface area (Å²) in [7, 11) is 0. The van der Waals surface area contributed by atoms with Crippen molar-refractivity contribution in [1.29, 1.82) is 0 Å². The molecule has 21 heavy (non-hydrogen) atoms. The van der Waals surface area contributed by atoms with E-state index in [0.717, 1.165) is 11.3 Å². The average molecular weight is 285 g/mol. The molecule has 2 aromatic rings. The number of oxazole rings is 1. The minimum atomic E-state index is -0.296. The maximum Gasteiger partial charge on any atom is 0.229 e. The third kappa shape index (κ3) is 2.94. The second-order valence-corrected chi connectivity index (χ2v) is 5.02. The van der Waals surface area contributed by atoms with Crippen LogP contribution in [0.5, 0.6) is 0 Å². The van der Waals surface area contributed by atoms with Crippen LogP contribution < -0.4 is 10.6 Å². The lowest BCUT2D eigenvalue weighted by Crippen LogP contribution is -2.24. The molecule has 0 radical (unpaired) electrons. The highest BCUT2D eigenvalue weighted by Gasteiger charge is 2.27. The molecule has 2 N–H and O–H groups in total. The summed E-state index contributed by atoms with van der Waals surface area (Å²) in [5, 5.41) is 5.46. The largest absolute Gasteiger partial charge is 0.449 e. The molecular formula is C15H15N3O3. The van der Waals surface area contributed by atoms with Gasteiger partial charge in [-0.25, -0.2) is 4.98 Å². The van der Waals surface area contributed by atoms with Crippen molar-refractivity contribution in [2.24, 2.45) is 5.92 Å². The third-order valence-electron chi connectivity index (χ3n) is 3.42. The Hall–Kier alpha value is -2.63. The molecule has 2 amide bonds. The van der Waals surface area contributed by atoms with E-state index >= 15 is 0 Å². The topological polar surface area (TPSA) is 84.2 Å². The van der Waals surface area contributed by atoms with Crippen LogP contribution in [0.15, 0.2) is 34.9 Å². The molecule has 2 heterocycles. The van der Waals surface area contributed by atoms with E-state index in [0.29, 0.717) is 18.1 Å². The SMILES string of the molecule is Cc1nc(-c2ccc(NC(=O)C3CNC(=O)C3)cc2)co1. The molecule has 6 nitrogen and oxygen atoms in total. The number of nitrogens with zero attached hydrogens (tertiary/aromatic N) is 1. The minimum Gasteiger partial charge on any atom is -0.449 e. The Kier molecular flexibility index (Phi) is 3.43. The average Bonchev–Trinajstić information content (AvgIpc) is 3.08. The lowest BCUT2D eigenvalue weighted by molar-refractivity contribution is -0.123. The fourth-order valence-electron chi connectivity index (χ4n) is 2.26. The van der Waals surface area contributed by atoms with Gasteiger partial charge in [-0.2, -0.15) is 0 Å². The Morgan fingerprint density at radius 3 is 2.71 bits per heavy atom. The first-order valence-corrected chi connectivity index (χ1v) is 6.72. The molecule has 0 saturated carbocycles. The van der Waals surface area contributed by atoms with Crippen LogP contribution >= 0.6 is 0 Å². The van der Waals surface area contributed by atoms with Gasteiger partial charge in [0, 0.05) is 31.1 Å². The third-order valence-corrected chi connectivity index (χ3v) is 3.42. The molecule has 1 atom stereocenters. The second-order valence-electron chi connectivity index (χ2n) is 5.02. The number of rotatable bonds is 3. The Labute approximate surface area is 121 Å². The molecule has 1 aromatic carbocycles. The first kappa shape index (κ1) is 13.4. The Morgan fingerprint density at radius 1 is 1.38 bits per heavy atom. The van der Waals surface area contributed by atoms with E-state index in [-0.39, 0.29) is 24.2 Å². The molecule has 1 fully saturated rings. The summed E-state index contributed by atoms with van der Waals surface area (Å²) >= 11 is 0. The predicted molar refractivity (Wildman–Crippen MR) is 76.4 cm³/mol. The van der Waals surface area contributed by atoms with Crippen LogP contribution in [0, 0.1) is 12.8 Å². The number of amides is 2. The molecule has 1 aliphatic heterocycles. The van der Waals surface area contributed by atoms with Crippen molar-refractivity contribution < 1.29 is 14.0 Å². The van der Waals surface area contributed by atoms with Crippen molar-refractivity contribution in [3.63, 3.8) is 0 Å². The van der Waals surface area contributed by atoms with Crippen LogP contribution in [0.1, 0.15) is 12.3 Å². The smallest absolute Gasteiger partial charge is 0.229 e. The van der Waals surface area contributed by atoms with Gasteiger partial charge >= 0.3 is 0 Å². The monoisotopic (exact) mass is 285 g/mol. The highest BCUT2D eigenvalue weighted by molar-refractivity contribution is 5.97. The molecule has 1 aliphatic rings. The normalized spacial score (nSPS) is 17.6. The lowest BCUT2D eigenvalue weighted by atomic mass is 10.1. The molecule has 6 heteroatoms. The van der Waals surface area contributed by atoms with E-state index in [1.807, 2.05) is 12.1 Å².